The van der Waals surface area contributed by atoms with Crippen molar-refractivity contribution in [2.75, 3.05) is 0 Å². The minimum absolute atomic E-state index is 0. The van der Waals surface area contributed by atoms with E-state index in [0.29, 0.717) is 0 Å². The van der Waals surface area contributed by atoms with Crippen molar-refractivity contribution in [1.29, 1.82) is 0 Å². The molecule has 0 saturated heterocycles. The van der Waals surface area contributed by atoms with Gasteiger partial charge in [0.15, 0.2) is 0 Å². The first-order chi connectivity index (χ1) is 5.31. The average Bonchev–Trinajstić information content (AvgIpc) is 2.08. The molecule has 0 rings (SSSR count). The van der Waals surface area contributed by atoms with Crippen LogP contribution >= 0.6 is 0 Å². The summed E-state index contributed by atoms with van der Waals surface area (Å²) in [7, 11) is 0. The van der Waals surface area contributed by atoms with Gasteiger partial charge in [0, 0.05) is 32.7 Å². The van der Waals surface area contributed by atoms with Crippen molar-refractivity contribution in [1.82, 2.24) is 0 Å². The first-order valence-electron chi connectivity index (χ1n) is 5.12. The van der Waals surface area contributed by atoms with E-state index in [1.807, 2.05) is 13.8 Å². The van der Waals surface area contributed by atoms with Crippen LogP contribution in [0.4, 0.5) is 0 Å². The zero-order valence-corrected chi connectivity index (χ0v) is 12.4. The standard InChI is InChI=1S/C9H19.C2H6.Y/c1-4-6-7-8-9(3)5-2;1-2;/h6,9H,4-5,7-8H2,1-3H3;1-2H3;/q-1;;. The van der Waals surface area contributed by atoms with E-state index in [9.17, 15) is 0 Å². The molecule has 0 aromatic heterocycles. The summed E-state index contributed by atoms with van der Waals surface area (Å²) < 4.78 is 0. The van der Waals surface area contributed by atoms with Crippen LogP contribution in [0.3, 0.4) is 0 Å². The van der Waals surface area contributed by atoms with Crippen LogP contribution in [0, 0.1) is 12.3 Å². The Morgan fingerprint density at radius 3 is 2.00 bits per heavy atom. The summed E-state index contributed by atoms with van der Waals surface area (Å²) in [6, 6.07) is 0. The molecule has 0 aromatic carbocycles. The van der Waals surface area contributed by atoms with Crippen LogP contribution in [-0.4, -0.2) is 0 Å². The van der Waals surface area contributed by atoms with Gasteiger partial charge in [-0.1, -0.05) is 47.5 Å². The molecule has 0 spiro atoms. The second-order valence-corrected chi connectivity index (χ2v) is 2.79. The van der Waals surface area contributed by atoms with Gasteiger partial charge < -0.3 is 6.42 Å². The minimum Gasteiger partial charge on any atom is -0.329 e. The fraction of sp³-hybridized carbons (Fsp3) is 0.909. The molecule has 73 valence electrons. The summed E-state index contributed by atoms with van der Waals surface area (Å²) in [5.74, 6) is 0.924. The molecule has 0 fully saturated rings. The van der Waals surface area contributed by atoms with Gasteiger partial charge in [0.2, 0.25) is 0 Å². The zero-order valence-electron chi connectivity index (χ0n) is 9.56. The van der Waals surface area contributed by atoms with Crippen molar-refractivity contribution in [3.63, 3.8) is 0 Å². The molecule has 0 nitrogen and oxygen atoms in total. The van der Waals surface area contributed by atoms with Crippen LogP contribution < -0.4 is 0 Å². The third-order valence-electron chi connectivity index (χ3n) is 1.85. The monoisotopic (exact) mass is 246 g/mol. The summed E-state index contributed by atoms with van der Waals surface area (Å²) in [4.78, 5) is 0. The van der Waals surface area contributed by atoms with Gasteiger partial charge in [-0.05, 0) is 5.92 Å². The molecule has 1 heteroatoms. The summed E-state index contributed by atoms with van der Waals surface area (Å²) in [6.45, 7) is 10.8. The summed E-state index contributed by atoms with van der Waals surface area (Å²) >= 11 is 0. The van der Waals surface area contributed by atoms with Crippen LogP contribution in [-0.2, 0) is 32.7 Å². The molecular weight excluding hydrogens is 221 g/mol. The van der Waals surface area contributed by atoms with Crippen molar-refractivity contribution in [2.24, 2.45) is 5.92 Å². The maximum Gasteiger partial charge on any atom is 0 e. The van der Waals surface area contributed by atoms with E-state index in [2.05, 4.69) is 27.2 Å². The smallest absolute Gasteiger partial charge is 0 e. The maximum absolute atomic E-state index is 2.37. The van der Waals surface area contributed by atoms with Crippen LogP contribution in [0.5, 0.6) is 0 Å². The van der Waals surface area contributed by atoms with Gasteiger partial charge in [0.05, 0.1) is 0 Å². The fourth-order valence-electron chi connectivity index (χ4n) is 0.811. The van der Waals surface area contributed by atoms with Gasteiger partial charge in [-0.25, -0.2) is 0 Å². The molecule has 0 N–H and O–H groups in total. The van der Waals surface area contributed by atoms with E-state index >= 15 is 0 Å². The van der Waals surface area contributed by atoms with Gasteiger partial charge in [-0.15, -0.1) is 0 Å². The second-order valence-electron chi connectivity index (χ2n) is 2.79. The summed E-state index contributed by atoms with van der Waals surface area (Å²) in [6.07, 6.45) is 7.62. The normalized spacial score (nSPS) is 10.8. The van der Waals surface area contributed by atoms with Crippen LogP contribution in [0.15, 0.2) is 0 Å². The van der Waals surface area contributed by atoms with E-state index in [0.717, 1.165) is 5.92 Å². The van der Waals surface area contributed by atoms with Gasteiger partial charge in [-0.3, -0.25) is 0 Å². The third kappa shape index (κ3) is 17.3. The fourth-order valence-corrected chi connectivity index (χ4v) is 0.811. The van der Waals surface area contributed by atoms with Crippen molar-refractivity contribution >= 4 is 0 Å². The third-order valence-corrected chi connectivity index (χ3v) is 1.85. The number of unbranched alkanes of at least 4 members (excludes halogenated alkanes) is 2. The Morgan fingerprint density at radius 1 is 1.17 bits per heavy atom. The molecule has 0 amide bonds. The predicted octanol–water partition coefficient (Wildman–Crippen LogP) is 4.45. The molecule has 0 aliphatic rings. The molecule has 0 aliphatic carbocycles. The molecule has 12 heavy (non-hydrogen) atoms. The van der Waals surface area contributed by atoms with E-state index in [4.69, 9.17) is 0 Å². The average molecular weight is 246 g/mol. The van der Waals surface area contributed by atoms with E-state index in [1.165, 1.54) is 25.7 Å². The van der Waals surface area contributed by atoms with Crippen molar-refractivity contribution in [3.8, 4) is 0 Å². The number of hydrogen-bond acceptors (Lipinski definition) is 0. The Kier molecular flexibility index (Phi) is 28.2. The SMILES string of the molecule is CC.CC[CH-]CCC(C)CC.[Y]. The first-order valence-corrected chi connectivity index (χ1v) is 5.12. The van der Waals surface area contributed by atoms with Gasteiger partial charge in [-0.2, -0.15) is 12.8 Å². The van der Waals surface area contributed by atoms with Gasteiger partial charge >= 0.3 is 0 Å². The molecular formula is C11H25Y-. The predicted molar refractivity (Wildman–Crippen MR) is 54.6 cm³/mol. The van der Waals surface area contributed by atoms with E-state index < -0.39 is 0 Å². The Morgan fingerprint density at radius 2 is 1.67 bits per heavy atom. The van der Waals surface area contributed by atoms with Crippen LogP contribution in [0.25, 0.3) is 0 Å². The van der Waals surface area contributed by atoms with Gasteiger partial charge in [0.25, 0.3) is 0 Å². The Hall–Kier alpha value is 1.10. The molecule has 0 saturated carbocycles. The minimum atomic E-state index is 0. The van der Waals surface area contributed by atoms with E-state index in [-0.39, 0.29) is 32.7 Å². The zero-order chi connectivity index (χ0) is 9.11. The molecule has 0 heterocycles. The van der Waals surface area contributed by atoms with Crippen LogP contribution in [0.1, 0.15) is 60.3 Å². The van der Waals surface area contributed by atoms with Gasteiger partial charge in [0.1, 0.15) is 0 Å². The molecule has 0 bridgehead atoms. The maximum atomic E-state index is 2.37. The van der Waals surface area contributed by atoms with E-state index in [1.54, 1.807) is 0 Å². The van der Waals surface area contributed by atoms with Crippen LogP contribution in [0.2, 0.25) is 0 Å². The molecule has 0 aliphatic heterocycles. The Balaban J connectivity index is -0.000000249. The number of rotatable bonds is 5. The number of hydrogen-bond donors (Lipinski definition) is 0. The van der Waals surface area contributed by atoms with Crippen molar-refractivity contribution in [2.45, 2.75) is 60.3 Å². The summed E-state index contributed by atoms with van der Waals surface area (Å²) in [5.41, 5.74) is 0. The Labute approximate surface area is 105 Å². The second kappa shape index (κ2) is 18.0. The first kappa shape index (κ1) is 18.8. The van der Waals surface area contributed by atoms with Crippen molar-refractivity contribution < 1.29 is 32.7 Å². The topological polar surface area (TPSA) is 0 Å². The van der Waals surface area contributed by atoms with Crippen molar-refractivity contribution in [3.05, 3.63) is 6.42 Å². The summed E-state index contributed by atoms with van der Waals surface area (Å²) in [5, 5.41) is 0. The molecule has 1 radical (unpaired) electrons. The molecule has 0 aromatic rings. The Bertz CT molecular complexity index is 53.0. The molecule has 1 unspecified atom stereocenters. The molecule has 1 atom stereocenters. The quantitative estimate of drug-likeness (QED) is 0.496. The largest absolute Gasteiger partial charge is 0.329 e.